The first kappa shape index (κ1) is 17.9. The van der Waals surface area contributed by atoms with E-state index in [2.05, 4.69) is 24.7 Å². The monoisotopic (exact) mass is 340 g/mol. The first-order chi connectivity index (χ1) is 10.9. The minimum absolute atomic E-state index is 0.0116. The molecular formula is C16H25FN2O3Si. The van der Waals surface area contributed by atoms with E-state index in [1.807, 2.05) is 0 Å². The Balaban J connectivity index is 2.23. The zero-order valence-electron chi connectivity index (χ0n) is 14.2. The number of benzene rings is 1. The summed E-state index contributed by atoms with van der Waals surface area (Å²) in [5.41, 5.74) is 1.37. The SMILES string of the molecule is COc1cc2c(CCO)nn(COCC[Si](C)(C)C)c2cc1F. The molecule has 1 heterocycles. The van der Waals surface area contributed by atoms with Crippen LogP contribution in [0.3, 0.4) is 0 Å². The number of nitrogens with zero attached hydrogens (tertiary/aromatic N) is 2. The molecule has 0 saturated carbocycles. The van der Waals surface area contributed by atoms with Gasteiger partial charge in [0.2, 0.25) is 0 Å². The van der Waals surface area contributed by atoms with Crippen molar-refractivity contribution in [2.24, 2.45) is 0 Å². The highest BCUT2D eigenvalue weighted by molar-refractivity contribution is 6.76. The molecule has 0 saturated heterocycles. The average molecular weight is 340 g/mol. The van der Waals surface area contributed by atoms with Crippen LogP contribution in [-0.2, 0) is 17.9 Å². The first-order valence-corrected chi connectivity index (χ1v) is 11.5. The lowest BCUT2D eigenvalue weighted by atomic mass is 10.1. The predicted molar refractivity (Wildman–Crippen MR) is 91.1 cm³/mol. The lowest BCUT2D eigenvalue weighted by molar-refractivity contribution is 0.0813. The molecule has 0 amide bonds. The van der Waals surface area contributed by atoms with Crippen molar-refractivity contribution in [1.29, 1.82) is 0 Å². The van der Waals surface area contributed by atoms with Gasteiger partial charge in [0.05, 0.1) is 18.3 Å². The van der Waals surface area contributed by atoms with Gasteiger partial charge < -0.3 is 14.6 Å². The largest absolute Gasteiger partial charge is 0.494 e. The van der Waals surface area contributed by atoms with Crippen LogP contribution in [-0.4, -0.2) is 43.3 Å². The van der Waals surface area contributed by atoms with E-state index in [-0.39, 0.29) is 19.1 Å². The zero-order chi connectivity index (χ0) is 17.0. The second kappa shape index (κ2) is 7.42. The van der Waals surface area contributed by atoms with Crippen molar-refractivity contribution in [3.8, 4) is 5.75 Å². The Morgan fingerprint density at radius 2 is 2.04 bits per heavy atom. The minimum atomic E-state index is -1.14. The van der Waals surface area contributed by atoms with E-state index < -0.39 is 13.9 Å². The van der Waals surface area contributed by atoms with E-state index in [9.17, 15) is 9.50 Å². The van der Waals surface area contributed by atoms with E-state index in [1.54, 1.807) is 10.7 Å². The minimum Gasteiger partial charge on any atom is -0.494 e. The van der Waals surface area contributed by atoms with Crippen LogP contribution in [0.15, 0.2) is 12.1 Å². The summed E-state index contributed by atoms with van der Waals surface area (Å²) in [5, 5.41) is 14.4. The van der Waals surface area contributed by atoms with Gasteiger partial charge in [0.15, 0.2) is 11.6 Å². The molecule has 0 aliphatic rings. The van der Waals surface area contributed by atoms with Gasteiger partial charge in [0.25, 0.3) is 0 Å². The fraction of sp³-hybridized carbons (Fsp3) is 0.562. The molecule has 1 aromatic heterocycles. The van der Waals surface area contributed by atoms with Crippen molar-refractivity contribution in [2.75, 3.05) is 20.3 Å². The Kier molecular flexibility index (Phi) is 5.77. The molecule has 23 heavy (non-hydrogen) atoms. The number of methoxy groups -OCH3 is 1. The molecular weight excluding hydrogens is 315 g/mol. The van der Waals surface area contributed by atoms with E-state index in [0.29, 0.717) is 18.5 Å². The molecule has 0 spiro atoms. The second-order valence-corrected chi connectivity index (χ2v) is 12.4. The summed E-state index contributed by atoms with van der Waals surface area (Å²) in [5.74, 6) is -0.255. The molecule has 0 bridgehead atoms. The number of ether oxygens (including phenoxy) is 2. The van der Waals surface area contributed by atoms with Crippen LogP contribution in [0, 0.1) is 5.82 Å². The Hall–Kier alpha value is -1.44. The summed E-state index contributed by atoms with van der Waals surface area (Å²) in [6.07, 6.45) is 0.410. The van der Waals surface area contributed by atoms with Crippen molar-refractivity contribution in [3.63, 3.8) is 0 Å². The summed E-state index contributed by atoms with van der Waals surface area (Å²) in [6, 6.07) is 4.10. The van der Waals surface area contributed by atoms with Crippen molar-refractivity contribution in [2.45, 2.75) is 38.8 Å². The first-order valence-electron chi connectivity index (χ1n) is 7.77. The molecule has 0 aliphatic heterocycles. The van der Waals surface area contributed by atoms with Crippen LogP contribution in [0.1, 0.15) is 5.69 Å². The normalized spacial score (nSPS) is 12.1. The number of hydrogen-bond donors (Lipinski definition) is 1. The van der Waals surface area contributed by atoms with Crippen molar-refractivity contribution in [1.82, 2.24) is 9.78 Å². The van der Waals surface area contributed by atoms with Gasteiger partial charge in [-0.2, -0.15) is 5.10 Å². The highest BCUT2D eigenvalue weighted by atomic mass is 28.3. The molecule has 7 heteroatoms. The Morgan fingerprint density at radius 1 is 1.30 bits per heavy atom. The average Bonchev–Trinajstić information content (AvgIpc) is 2.79. The lowest BCUT2D eigenvalue weighted by Gasteiger charge is -2.15. The van der Waals surface area contributed by atoms with Crippen LogP contribution < -0.4 is 4.74 Å². The molecule has 0 fully saturated rings. The molecule has 0 aliphatic carbocycles. The number of hydrogen-bond acceptors (Lipinski definition) is 4. The molecule has 0 atom stereocenters. The fourth-order valence-corrected chi connectivity index (χ4v) is 3.07. The van der Waals surface area contributed by atoms with Gasteiger partial charge in [-0.25, -0.2) is 9.07 Å². The highest BCUT2D eigenvalue weighted by Crippen LogP contribution is 2.27. The Bertz CT molecular complexity index is 667. The molecule has 128 valence electrons. The van der Waals surface area contributed by atoms with Crippen LogP contribution in [0.2, 0.25) is 25.7 Å². The topological polar surface area (TPSA) is 56.5 Å². The van der Waals surface area contributed by atoms with Crippen LogP contribution >= 0.6 is 0 Å². The third-order valence-electron chi connectivity index (χ3n) is 3.66. The second-order valence-electron chi connectivity index (χ2n) is 6.77. The summed E-state index contributed by atoms with van der Waals surface area (Å²) in [4.78, 5) is 0. The number of aromatic nitrogens is 2. The van der Waals surface area contributed by atoms with Gasteiger partial charge in [-0.05, 0) is 12.1 Å². The molecule has 2 aromatic rings. The van der Waals surface area contributed by atoms with Crippen molar-refractivity contribution in [3.05, 3.63) is 23.6 Å². The standard InChI is InChI=1S/C16H25FN2O3Si/c1-21-16-9-12-14(5-6-20)18-19(15(12)10-13(16)17)11-22-7-8-23(2,3)4/h9-10,20H,5-8,11H2,1-4H3. The molecule has 5 nitrogen and oxygen atoms in total. The third-order valence-corrected chi connectivity index (χ3v) is 5.36. The number of halogens is 1. The summed E-state index contributed by atoms with van der Waals surface area (Å²) >= 11 is 0. The molecule has 1 N–H and O–H groups in total. The quantitative estimate of drug-likeness (QED) is 0.593. The summed E-state index contributed by atoms with van der Waals surface area (Å²) in [7, 11) is 0.288. The van der Waals surface area contributed by atoms with E-state index in [1.165, 1.54) is 13.2 Å². The number of fused-ring (bicyclic) bond motifs is 1. The number of aliphatic hydroxyl groups is 1. The lowest BCUT2D eigenvalue weighted by Crippen LogP contribution is -2.22. The van der Waals surface area contributed by atoms with Gasteiger partial charge in [0, 0.05) is 39.2 Å². The van der Waals surface area contributed by atoms with Crippen molar-refractivity contribution < 1.29 is 19.0 Å². The summed E-state index contributed by atoms with van der Waals surface area (Å²) in [6.45, 7) is 7.81. The molecule has 1 aromatic carbocycles. The van der Waals surface area contributed by atoms with Gasteiger partial charge >= 0.3 is 0 Å². The van der Waals surface area contributed by atoms with E-state index in [0.717, 1.165) is 17.1 Å². The third kappa shape index (κ3) is 4.52. The van der Waals surface area contributed by atoms with Gasteiger partial charge in [-0.3, -0.25) is 0 Å². The van der Waals surface area contributed by atoms with Crippen LogP contribution in [0.5, 0.6) is 5.75 Å². The molecule has 0 unspecified atom stereocenters. The number of rotatable bonds is 8. The highest BCUT2D eigenvalue weighted by Gasteiger charge is 2.16. The van der Waals surface area contributed by atoms with Crippen LogP contribution in [0.25, 0.3) is 10.9 Å². The van der Waals surface area contributed by atoms with E-state index >= 15 is 0 Å². The van der Waals surface area contributed by atoms with E-state index in [4.69, 9.17) is 9.47 Å². The summed E-state index contributed by atoms with van der Waals surface area (Å²) < 4.78 is 26.4. The predicted octanol–water partition coefficient (Wildman–Crippen LogP) is 3.03. The van der Waals surface area contributed by atoms with Crippen LogP contribution in [0.4, 0.5) is 4.39 Å². The maximum atomic E-state index is 14.0. The Morgan fingerprint density at radius 3 is 2.65 bits per heavy atom. The maximum absolute atomic E-state index is 14.0. The van der Waals surface area contributed by atoms with Gasteiger partial charge in [-0.15, -0.1) is 0 Å². The van der Waals surface area contributed by atoms with Gasteiger partial charge in [0.1, 0.15) is 6.73 Å². The molecule has 0 radical (unpaired) electrons. The Labute approximate surface area is 137 Å². The zero-order valence-corrected chi connectivity index (χ0v) is 15.2. The van der Waals surface area contributed by atoms with Gasteiger partial charge in [-0.1, -0.05) is 19.6 Å². The molecule has 2 rings (SSSR count). The van der Waals surface area contributed by atoms with Crippen molar-refractivity contribution >= 4 is 19.0 Å². The number of aliphatic hydroxyl groups excluding tert-OH is 1. The fourth-order valence-electron chi connectivity index (χ4n) is 2.32. The maximum Gasteiger partial charge on any atom is 0.167 e. The smallest absolute Gasteiger partial charge is 0.167 e.